The fourth-order valence-corrected chi connectivity index (χ4v) is 1.78. The standard InChI is InChI=1S/C12H16N2/c1-3-6-9(2)12-13-10-7-4-5-8-11(10)14-12/h4-5,7-9H,3,6H2,1-2H3,(H,13,14). The van der Waals surface area contributed by atoms with Gasteiger partial charge in [-0.2, -0.15) is 0 Å². The van der Waals surface area contributed by atoms with Gasteiger partial charge in [-0.1, -0.05) is 32.4 Å². The van der Waals surface area contributed by atoms with E-state index in [2.05, 4.69) is 29.9 Å². The van der Waals surface area contributed by atoms with Crippen molar-refractivity contribution in [3.05, 3.63) is 30.1 Å². The van der Waals surface area contributed by atoms with E-state index < -0.39 is 0 Å². The van der Waals surface area contributed by atoms with Gasteiger partial charge in [0.1, 0.15) is 5.82 Å². The number of para-hydroxylation sites is 2. The Balaban J connectivity index is 2.35. The van der Waals surface area contributed by atoms with Crippen LogP contribution >= 0.6 is 0 Å². The van der Waals surface area contributed by atoms with Gasteiger partial charge in [-0.25, -0.2) is 4.98 Å². The van der Waals surface area contributed by atoms with Crippen LogP contribution in [0.15, 0.2) is 24.3 Å². The zero-order chi connectivity index (χ0) is 9.97. The second kappa shape index (κ2) is 3.82. The predicted molar refractivity (Wildman–Crippen MR) is 59.4 cm³/mol. The molecule has 0 bridgehead atoms. The Morgan fingerprint density at radius 2 is 2.14 bits per heavy atom. The molecule has 0 spiro atoms. The first-order valence-electron chi connectivity index (χ1n) is 5.26. The molecule has 2 aromatic rings. The molecular weight excluding hydrogens is 172 g/mol. The van der Waals surface area contributed by atoms with E-state index in [4.69, 9.17) is 0 Å². The SMILES string of the molecule is CCCC(C)c1nc2ccccc2[nH]1. The predicted octanol–water partition coefficient (Wildman–Crippen LogP) is 3.47. The van der Waals surface area contributed by atoms with Gasteiger partial charge in [-0.3, -0.25) is 0 Å². The van der Waals surface area contributed by atoms with E-state index in [0.29, 0.717) is 5.92 Å². The van der Waals surface area contributed by atoms with Gasteiger partial charge in [0.15, 0.2) is 0 Å². The Kier molecular flexibility index (Phi) is 2.53. The molecule has 0 aliphatic rings. The molecule has 1 N–H and O–H groups in total. The molecule has 0 fully saturated rings. The summed E-state index contributed by atoms with van der Waals surface area (Å²) in [5.41, 5.74) is 2.22. The maximum absolute atomic E-state index is 4.58. The Labute approximate surface area is 84.4 Å². The van der Waals surface area contributed by atoms with E-state index in [9.17, 15) is 0 Å². The first-order valence-corrected chi connectivity index (χ1v) is 5.26. The number of benzene rings is 1. The van der Waals surface area contributed by atoms with Crippen LogP contribution in [0.5, 0.6) is 0 Å². The number of H-pyrrole nitrogens is 1. The fourth-order valence-electron chi connectivity index (χ4n) is 1.78. The molecule has 1 aromatic carbocycles. The van der Waals surface area contributed by atoms with Crippen molar-refractivity contribution in [2.75, 3.05) is 0 Å². The summed E-state index contributed by atoms with van der Waals surface area (Å²) in [5, 5.41) is 0. The van der Waals surface area contributed by atoms with Gasteiger partial charge >= 0.3 is 0 Å². The summed E-state index contributed by atoms with van der Waals surface area (Å²) in [6.07, 6.45) is 2.40. The fraction of sp³-hybridized carbons (Fsp3) is 0.417. The summed E-state index contributed by atoms with van der Waals surface area (Å²) >= 11 is 0. The largest absolute Gasteiger partial charge is 0.342 e. The molecular formula is C12H16N2. The van der Waals surface area contributed by atoms with Crippen molar-refractivity contribution < 1.29 is 0 Å². The lowest BCUT2D eigenvalue weighted by Crippen LogP contribution is -1.94. The average molecular weight is 188 g/mol. The minimum Gasteiger partial charge on any atom is -0.342 e. The minimum atomic E-state index is 0.535. The minimum absolute atomic E-state index is 0.535. The van der Waals surface area contributed by atoms with Crippen molar-refractivity contribution in [1.29, 1.82) is 0 Å². The normalized spacial score (nSPS) is 13.3. The van der Waals surface area contributed by atoms with Crippen molar-refractivity contribution in [2.24, 2.45) is 0 Å². The number of nitrogens with one attached hydrogen (secondary N) is 1. The van der Waals surface area contributed by atoms with Gasteiger partial charge in [0, 0.05) is 5.92 Å². The summed E-state index contributed by atoms with van der Waals surface area (Å²) < 4.78 is 0. The van der Waals surface area contributed by atoms with Gasteiger partial charge in [-0.15, -0.1) is 0 Å². The zero-order valence-electron chi connectivity index (χ0n) is 8.75. The second-order valence-electron chi connectivity index (χ2n) is 3.83. The first kappa shape index (κ1) is 9.25. The molecule has 74 valence electrons. The molecule has 0 saturated carbocycles. The summed E-state index contributed by atoms with van der Waals surface area (Å²) in [4.78, 5) is 7.94. The molecule has 1 heterocycles. The van der Waals surface area contributed by atoms with E-state index >= 15 is 0 Å². The molecule has 0 radical (unpaired) electrons. The lowest BCUT2D eigenvalue weighted by molar-refractivity contribution is 0.636. The van der Waals surface area contributed by atoms with Gasteiger partial charge in [0.2, 0.25) is 0 Å². The summed E-state index contributed by atoms with van der Waals surface area (Å²) in [5.74, 6) is 1.65. The van der Waals surface area contributed by atoms with Gasteiger partial charge in [0.25, 0.3) is 0 Å². The van der Waals surface area contributed by atoms with Crippen LogP contribution < -0.4 is 0 Å². The molecule has 2 heteroatoms. The molecule has 0 aliphatic heterocycles. The topological polar surface area (TPSA) is 28.7 Å². The van der Waals surface area contributed by atoms with Gasteiger partial charge < -0.3 is 4.98 Å². The van der Waals surface area contributed by atoms with Crippen molar-refractivity contribution in [3.63, 3.8) is 0 Å². The first-order chi connectivity index (χ1) is 6.81. The number of imidazole rings is 1. The van der Waals surface area contributed by atoms with Crippen molar-refractivity contribution in [3.8, 4) is 0 Å². The second-order valence-corrected chi connectivity index (χ2v) is 3.83. The number of aromatic amines is 1. The Hall–Kier alpha value is -1.31. The highest BCUT2D eigenvalue weighted by molar-refractivity contribution is 5.74. The van der Waals surface area contributed by atoms with Crippen molar-refractivity contribution in [1.82, 2.24) is 9.97 Å². The number of hydrogen-bond acceptors (Lipinski definition) is 1. The third-order valence-corrected chi connectivity index (χ3v) is 2.60. The van der Waals surface area contributed by atoms with Crippen LogP contribution in [-0.2, 0) is 0 Å². The highest BCUT2D eigenvalue weighted by Gasteiger charge is 2.08. The van der Waals surface area contributed by atoms with E-state index in [-0.39, 0.29) is 0 Å². The number of nitrogens with zero attached hydrogens (tertiary/aromatic N) is 1. The third-order valence-electron chi connectivity index (χ3n) is 2.60. The van der Waals surface area contributed by atoms with E-state index in [1.165, 1.54) is 12.8 Å². The summed E-state index contributed by atoms with van der Waals surface area (Å²) in [7, 11) is 0. The maximum Gasteiger partial charge on any atom is 0.110 e. The lowest BCUT2D eigenvalue weighted by atomic mass is 10.1. The maximum atomic E-state index is 4.58. The molecule has 0 aliphatic carbocycles. The Bertz CT molecular complexity index is 384. The number of aromatic nitrogens is 2. The summed E-state index contributed by atoms with van der Waals surface area (Å²) in [6.45, 7) is 4.43. The Morgan fingerprint density at radius 3 is 2.86 bits per heavy atom. The smallest absolute Gasteiger partial charge is 0.110 e. The average Bonchev–Trinajstić information content (AvgIpc) is 2.61. The third kappa shape index (κ3) is 1.65. The van der Waals surface area contributed by atoms with Crippen LogP contribution in [0.1, 0.15) is 38.4 Å². The van der Waals surface area contributed by atoms with Gasteiger partial charge in [-0.05, 0) is 18.6 Å². The lowest BCUT2D eigenvalue weighted by Gasteiger charge is -2.04. The van der Waals surface area contributed by atoms with Crippen LogP contribution in [0, 0.1) is 0 Å². The quantitative estimate of drug-likeness (QED) is 0.785. The van der Waals surface area contributed by atoms with E-state index in [1.807, 2.05) is 18.2 Å². The molecule has 1 aromatic heterocycles. The van der Waals surface area contributed by atoms with Crippen LogP contribution in [0.4, 0.5) is 0 Å². The molecule has 0 amide bonds. The van der Waals surface area contributed by atoms with E-state index in [0.717, 1.165) is 16.9 Å². The molecule has 2 nitrogen and oxygen atoms in total. The van der Waals surface area contributed by atoms with Gasteiger partial charge in [0.05, 0.1) is 11.0 Å². The molecule has 0 saturated heterocycles. The van der Waals surface area contributed by atoms with Crippen molar-refractivity contribution in [2.45, 2.75) is 32.6 Å². The zero-order valence-corrected chi connectivity index (χ0v) is 8.75. The molecule has 1 unspecified atom stereocenters. The highest BCUT2D eigenvalue weighted by Crippen LogP contribution is 2.20. The van der Waals surface area contributed by atoms with Crippen molar-refractivity contribution >= 4 is 11.0 Å². The highest BCUT2D eigenvalue weighted by atomic mass is 14.9. The monoisotopic (exact) mass is 188 g/mol. The number of fused-ring (bicyclic) bond motifs is 1. The van der Waals surface area contributed by atoms with Crippen LogP contribution in [-0.4, -0.2) is 9.97 Å². The Morgan fingerprint density at radius 1 is 1.36 bits per heavy atom. The molecule has 1 atom stereocenters. The summed E-state index contributed by atoms with van der Waals surface area (Å²) in [6, 6.07) is 8.19. The number of hydrogen-bond donors (Lipinski definition) is 1. The van der Waals surface area contributed by atoms with E-state index in [1.54, 1.807) is 0 Å². The van der Waals surface area contributed by atoms with Crippen LogP contribution in [0.3, 0.4) is 0 Å². The van der Waals surface area contributed by atoms with Crippen LogP contribution in [0.2, 0.25) is 0 Å². The van der Waals surface area contributed by atoms with Crippen LogP contribution in [0.25, 0.3) is 11.0 Å². The number of rotatable bonds is 3. The molecule has 14 heavy (non-hydrogen) atoms. The molecule has 2 rings (SSSR count).